The van der Waals surface area contributed by atoms with Crippen LogP contribution in [0.4, 0.5) is 5.69 Å². The van der Waals surface area contributed by atoms with Crippen molar-refractivity contribution in [3.63, 3.8) is 0 Å². The molecule has 0 aliphatic carbocycles. The number of aryl methyl sites for hydroxylation is 1. The van der Waals surface area contributed by atoms with Crippen LogP contribution in [0.3, 0.4) is 0 Å². The van der Waals surface area contributed by atoms with E-state index in [9.17, 15) is 18.0 Å². The van der Waals surface area contributed by atoms with E-state index in [0.29, 0.717) is 19.4 Å². The van der Waals surface area contributed by atoms with Crippen LogP contribution in [0.15, 0.2) is 24.3 Å². The highest BCUT2D eigenvalue weighted by Gasteiger charge is 2.31. The van der Waals surface area contributed by atoms with Crippen LogP contribution in [0.5, 0.6) is 0 Å². The molecule has 0 bridgehead atoms. The third-order valence-corrected chi connectivity index (χ3v) is 8.28. The quantitative estimate of drug-likeness (QED) is 0.662. The molecule has 172 valence electrons. The van der Waals surface area contributed by atoms with E-state index in [1.165, 1.54) is 0 Å². The zero-order chi connectivity index (χ0) is 23.0. The van der Waals surface area contributed by atoms with E-state index >= 15 is 0 Å². The van der Waals surface area contributed by atoms with Crippen LogP contribution in [-0.2, 0) is 32.4 Å². The first-order chi connectivity index (χ1) is 15.1. The third kappa shape index (κ3) is 4.57. The molecule has 2 aliphatic heterocycles. The van der Waals surface area contributed by atoms with Crippen molar-refractivity contribution >= 4 is 27.3 Å². The summed E-state index contributed by atoms with van der Waals surface area (Å²) in [4.78, 5) is 28.2. The Morgan fingerprint density at radius 2 is 1.94 bits per heavy atom. The average Bonchev–Trinajstić information content (AvgIpc) is 3.41. The largest absolute Gasteiger partial charge is 0.341 e. The zero-order valence-corrected chi connectivity index (χ0v) is 19.7. The number of likely N-dealkylation sites (N-methyl/N-ethyl adjacent to an activating group) is 1. The summed E-state index contributed by atoms with van der Waals surface area (Å²) in [6.07, 6.45) is 2.34. The van der Waals surface area contributed by atoms with Crippen LogP contribution >= 0.6 is 0 Å². The Labute approximate surface area is 189 Å². The highest BCUT2D eigenvalue weighted by atomic mass is 32.2. The summed E-state index contributed by atoms with van der Waals surface area (Å²) in [5.74, 6) is 0.469. The molecule has 1 aromatic heterocycles. The van der Waals surface area contributed by atoms with Crippen LogP contribution in [-0.4, -0.2) is 60.0 Å². The standard InChI is InChI=1S/C23H30N4O4S/c1-16-21(17(2)27(24-16)20-10-12-32(30,31)15-20)14-25(3)23(29)13-18-6-8-19(9-7-18)26-11-4-5-22(26)28/h6-9,20H,4-5,10-15H2,1-3H3/t20-/m0/s1. The molecule has 8 nitrogen and oxygen atoms in total. The minimum atomic E-state index is -2.99. The summed E-state index contributed by atoms with van der Waals surface area (Å²) < 4.78 is 25.5. The molecule has 9 heteroatoms. The number of benzene rings is 1. The highest BCUT2D eigenvalue weighted by Crippen LogP contribution is 2.27. The van der Waals surface area contributed by atoms with Crippen LogP contribution in [0.1, 0.15) is 47.8 Å². The van der Waals surface area contributed by atoms with Gasteiger partial charge >= 0.3 is 0 Å². The molecule has 3 heterocycles. The van der Waals surface area contributed by atoms with Gasteiger partial charge in [0.1, 0.15) is 0 Å². The van der Waals surface area contributed by atoms with Gasteiger partial charge in [-0.2, -0.15) is 5.10 Å². The maximum absolute atomic E-state index is 12.8. The first kappa shape index (κ1) is 22.5. The lowest BCUT2D eigenvalue weighted by Gasteiger charge is -2.19. The molecule has 1 aromatic carbocycles. The molecule has 0 N–H and O–H groups in total. The number of hydrogen-bond acceptors (Lipinski definition) is 5. The lowest BCUT2D eigenvalue weighted by atomic mass is 10.1. The molecular weight excluding hydrogens is 428 g/mol. The number of carbonyl (C=O) groups is 2. The lowest BCUT2D eigenvalue weighted by Crippen LogP contribution is -2.28. The number of carbonyl (C=O) groups excluding carboxylic acids is 2. The minimum absolute atomic E-state index is 0.00927. The third-order valence-electron chi connectivity index (χ3n) is 6.53. The van der Waals surface area contributed by atoms with Gasteiger partial charge in [0.25, 0.3) is 0 Å². The van der Waals surface area contributed by atoms with E-state index in [1.54, 1.807) is 16.8 Å². The molecule has 2 aromatic rings. The van der Waals surface area contributed by atoms with Crippen molar-refractivity contribution in [2.45, 2.75) is 52.1 Å². The molecule has 0 radical (unpaired) electrons. The second-order valence-corrected chi connectivity index (χ2v) is 11.1. The molecular formula is C23H30N4O4S. The van der Waals surface area contributed by atoms with Gasteiger partial charge in [-0.25, -0.2) is 8.42 Å². The number of nitrogens with zero attached hydrogens (tertiary/aromatic N) is 4. The van der Waals surface area contributed by atoms with E-state index in [-0.39, 0.29) is 35.8 Å². The zero-order valence-electron chi connectivity index (χ0n) is 18.9. The van der Waals surface area contributed by atoms with Crippen LogP contribution in [0.25, 0.3) is 0 Å². The van der Waals surface area contributed by atoms with Crippen molar-refractivity contribution < 1.29 is 18.0 Å². The summed E-state index contributed by atoms with van der Waals surface area (Å²) in [6.45, 7) is 5.02. The molecule has 2 fully saturated rings. The van der Waals surface area contributed by atoms with Crippen molar-refractivity contribution in [1.82, 2.24) is 14.7 Å². The van der Waals surface area contributed by atoms with Gasteiger partial charge in [0.2, 0.25) is 11.8 Å². The van der Waals surface area contributed by atoms with Crippen molar-refractivity contribution in [3.05, 3.63) is 46.8 Å². The first-order valence-electron chi connectivity index (χ1n) is 11.0. The fourth-order valence-corrected chi connectivity index (χ4v) is 6.29. The fraction of sp³-hybridized carbons (Fsp3) is 0.522. The Kier molecular flexibility index (Phi) is 6.11. The summed E-state index contributed by atoms with van der Waals surface area (Å²) in [5, 5.41) is 4.59. The van der Waals surface area contributed by atoms with Gasteiger partial charge in [-0.1, -0.05) is 12.1 Å². The number of hydrogen-bond donors (Lipinski definition) is 0. The molecule has 2 amide bonds. The van der Waals surface area contributed by atoms with Crippen LogP contribution in [0.2, 0.25) is 0 Å². The number of rotatable bonds is 6. The first-order valence-corrected chi connectivity index (χ1v) is 12.8. The number of sulfone groups is 1. The number of aromatic nitrogens is 2. The van der Waals surface area contributed by atoms with Gasteiger partial charge < -0.3 is 9.80 Å². The summed E-state index contributed by atoms with van der Waals surface area (Å²) >= 11 is 0. The van der Waals surface area contributed by atoms with Gasteiger partial charge in [-0.15, -0.1) is 0 Å². The van der Waals surface area contributed by atoms with Gasteiger partial charge in [0.15, 0.2) is 9.84 Å². The molecule has 4 rings (SSSR count). The minimum Gasteiger partial charge on any atom is -0.341 e. The SMILES string of the molecule is Cc1nn([C@H]2CCS(=O)(=O)C2)c(C)c1CN(C)C(=O)Cc1ccc(N2CCCC2=O)cc1. The molecule has 32 heavy (non-hydrogen) atoms. The van der Waals surface area contributed by atoms with Crippen LogP contribution in [0, 0.1) is 13.8 Å². The fourth-order valence-electron chi connectivity index (χ4n) is 4.60. The van der Waals surface area contributed by atoms with Crippen molar-refractivity contribution in [2.24, 2.45) is 0 Å². The molecule has 0 unspecified atom stereocenters. The maximum atomic E-state index is 12.8. The second kappa shape index (κ2) is 8.69. The Morgan fingerprint density at radius 1 is 1.22 bits per heavy atom. The van der Waals surface area contributed by atoms with Gasteiger partial charge in [0, 0.05) is 43.5 Å². The van der Waals surface area contributed by atoms with E-state index in [2.05, 4.69) is 5.10 Å². The van der Waals surface area contributed by atoms with E-state index in [0.717, 1.165) is 41.2 Å². The maximum Gasteiger partial charge on any atom is 0.227 e. The lowest BCUT2D eigenvalue weighted by molar-refractivity contribution is -0.129. The Balaban J connectivity index is 1.40. The molecule has 0 spiro atoms. The smallest absolute Gasteiger partial charge is 0.227 e. The molecule has 0 saturated carbocycles. The average molecular weight is 459 g/mol. The van der Waals surface area contributed by atoms with Crippen molar-refractivity contribution in [3.8, 4) is 0 Å². The second-order valence-electron chi connectivity index (χ2n) is 8.89. The number of amides is 2. The van der Waals surface area contributed by atoms with Crippen LogP contribution < -0.4 is 4.90 Å². The van der Waals surface area contributed by atoms with Gasteiger partial charge in [-0.3, -0.25) is 14.3 Å². The monoisotopic (exact) mass is 458 g/mol. The van der Waals surface area contributed by atoms with Gasteiger partial charge in [0.05, 0.1) is 29.7 Å². The highest BCUT2D eigenvalue weighted by molar-refractivity contribution is 7.91. The molecule has 2 aliphatic rings. The number of anilines is 1. The summed E-state index contributed by atoms with van der Waals surface area (Å²) in [6, 6.07) is 7.48. The Hall–Kier alpha value is -2.68. The molecule has 1 atom stereocenters. The van der Waals surface area contributed by atoms with Gasteiger partial charge in [-0.05, 0) is 44.4 Å². The van der Waals surface area contributed by atoms with E-state index < -0.39 is 9.84 Å². The Bertz CT molecular complexity index is 1140. The summed E-state index contributed by atoms with van der Waals surface area (Å²) in [5.41, 5.74) is 4.49. The Morgan fingerprint density at radius 3 is 2.53 bits per heavy atom. The van der Waals surface area contributed by atoms with Crippen molar-refractivity contribution in [2.75, 3.05) is 30.0 Å². The topological polar surface area (TPSA) is 92.6 Å². The predicted molar refractivity (Wildman–Crippen MR) is 122 cm³/mol. The normalized spacial score (nSPS) is 20.2. The predicted octanol–water partition coefficient (Wildman–Crippen LogP) is 2.19. The van der Waals surface area contributed by atoms with Crippen molar-refractivity contribution in [1.29, 1.82) is 0 Å². The van der Waals surface area contributed by atoms with E-state index in [1.807, 2.05) is 42.8 Å². The summed E-state index contributed by atoms with van der Waals surface area (Å²) in [7, 11) is -1.22. The molecule has 2 saturated heterocycles. The van der Waals surface area contributed by atoms with E-state index in [4.69, 9.17) is 0 Å².